The van der Waals surface area contributed by atoms with Crippen LogP contribution in [0.5, 0.6) is 0 Å². The summed E-state index contributed by atoms with van der Waals surface area (Å²) >= 11 is 0. The standard InChI is InChI=1S/C11H15N3O3/c1-7-3-2-6-14(9(7)11(16)17)10(15)8-4-5-12-13-8/h4-5,7,9H,2-3,6H2,1H3,(H,12,13)(H,16,17). The lowest BCUT2D eigenvalue weighted by Gasteiger charge is -2.36. The maximum Gasteiger partial charge on any atom is 0.326 e. The number of carboxylic acids is 1. The lowest BCUT2D eigenvalue weighted by molar-refractivity contribution is -0.145. The number of likely N-dealkylation sites (tertiary alicyclic amines) is 1. The molecular formula is C11H15N3O3. The molecule has 2 rings (SSSR count). The van der Waals surface area contributed by atoms with Gasteiger partial charge in [-0.3, -0.25) is 9.89 Å². The molecule has 6 heteroatoms. The zero-order valence-electron chi connectivity index (χ0n) is 9.59. The number of piperidine rings is 1. The van der Waals surface area contributed by atoms with E-state index in [4.69, 9.17) is 0 Å². The van der Waals surface area contributed by atoms with E-state index in [1.54, 1.807) is 6.07 Å². The van der Waals surface area contributed by atoms with Crippen LogP contribution in [0.4, 0.5) is 0 Å². The molecule has 0 bridgehead atoms. The molecule has 1 aliphatic heterocycles. The third-order valence-corrected chi connectivity index (χ3v) is 3.18. The van der Waals surface area contributed by atoms with Crippen LogP contribution in [0.15, 0.2) is 12.3 Å². The largest absolute Gasteiger partial charge is 0.480 e. The topological polar surface area (TPSA) is 86.3 Å². The highest BCUT2D eigenvalue weighted by Gasteiger charge is 2.37. The number of carbonyl (C=O) groups excluding carboxylic acids is 1. The number of H-pyrrole nitrogens is 1. The van der Waals surface area contributed by atoms with Crippen LogP contribution in [0.2, 0.25) is 0 Å². The van der Waals surface area contributed by atoms with Crippen molar-refractivity contribution in [3.05, 3.63) is 18.0 Å². The van der Waals surface area contributed by atoms with E-state index in [1.165, 1.54) is 11.1 Å². The summed E-state index contributed by atoms with van der Waals surface area (Å²) in [5.74, 6) is -1.25. The van der Waals surface area contributed by atoms with Crippen molar-refractivity contribution in [1.82, 2.24) is 15.1 Å². The molecular weight excluding hydrogens is 222 g/mol. The first-order chi connectivity index (χ1) is 8.11. The van der Waals surface area contributed by atoms with Gasteiger partial charge in [-0.15, -0.1) is 0 Å². The fraction of sp³-hybridized carbons (Fsp3) is 0.545. The van der Waals surface area contributed by atoms with Crippen LogP contribution in [-0.4, -0.2) is 44.7 Å². The summed E-state index contributed by atoms with van der Waals surface area (Å²) in [4.78, 5) is 24.8. The maximum absolute atomic E-state index is 12.1. The Balaban J connectivity index is 2.23. The monoisotopic (exact) mass is 237 g/mol. The lowest BCUT2D eigenvalue weighted by Crippen LogP contribution is -2.52. The number of aromatic nitrogens is 2. The summed E-state index contributed by atoms with van der Waals surface area (Å²) in [6.45, 7) is 2.35. The molecule has 92 valence electrons. The zero-order valence-corrected chi connectivity index (χ0v) is 9.59. The Bertz CT molecular complexity index is 416. The van der Waals surface area contributed by atoms with Gasteiger partial charge < -0.3 is 10.0 Å². The number of carbonyl (C=O) groups is 2. The highest BCUT2D eigenvalue weighted by molar-refractivity contribution is 5.95. The molecule has 1 amide bonds. The first-order valence-electron chi connectivity index (χ1n) is 5.64. The van der Waals surface area contributed by atoms with E-state index in [1.807, 2.05) is 6.92 Å². The average Bonchev–Trinajstić information content (AvgIpc) is 2.80. The van der Waals surface area contributed by atoms with Gasteiger partial charge in [0.15, 0.2) is 0 Å². The molecule has 0 saturated carbocycles. The average molecular weight is 237 g/mol. The Morgan fingerprint density at radius 2 is 2.35 bits per heavy atom. The number of amides is 1. The fourth-order valence-corrected chi connectivity index (χ4v) is 2.32. The summed E-state index contributed by atoms with van der Waals surface area (Å²) in [5.41, 5.74) is 0.338. The summed E-state index contributed by atoms with van der Waals surface area (Å²) in [5, 5.41) is 15.5. The minimum Gasteiger partial charge on any atom is -0.480 e. The Morgan fingerprint density at radius 3 is 2.94 bits per heavy atom. The zero-order chi connectivity index (χ0) is 12.4. The van der Waals surface area contributed by atoms with Gasteiger partial charge in [-0.25, -0.2) is 4.79 Å². The molecule has 2 unspecified atom stereocenters. The molecule has 0 radical (unpaired) electrons. The molecule has 2 atom stereocenters. The van der Waals surface area contributed by atoms with E-state index in [9.17, 15) is 14.7 Å². The fourth-order valence-electron chi connectivity index (χ4n) is 2.32. The normalized spacial score (nSPS) is 24.6. The van der Waals surface area contributed by atoms with E-state index in [0.717, 1.165) is 12.8 Å². The molecule has 1 aromatic heterocycles. The second kappa shape index (κ2) is 4.57. The number of nitrogens with one attached hydrogen (secondary N) is 1. The van der Waals surface area contributed by atoms with Crippen LogP contribution >= 0.6 is 0 Å². The Kier molecular flexibility index (Phi) is 3.12. The van der Waals surface area contributed by atoms with Gasteiger partial charge in [0.1, 0.15) is 11.7 Å². The van der Waals surface area contributed by atoms with E-state index < -0.39 is 12.0 Å². The second-order valence-electron chi connectivity index (χ2n) is 4.37. The van der Waals surface area contributed by atoms with Crippen molar-refractivity contribution in [3.8, 4) is 0 Å². The van der Waals surface area contributed by atoms with Crippen LogP contribution in [-0.2, 0) is 4.79 Å². The van der Waals surface area contributed by atoms with Gasteiger partial charge in [-0.05, 0) is 24.8 Å². The van der Waals surface area contributed by atoms with Crippen LogP contribution < -0.4 is 0 Å². The number of hydrogen-bond acceptors (Lipinski definition) is 3. The smallest absolute Gasteiger partial charge is 0.326 e. The van der Waals surface area contributed by atoms with Crippen molar-refractivity contribution in [2.75, 3.05) is 6.54 Å². The first kappa shape index (κ1) is 11.6. The third kappa shape index (κ3) is 2.15. The van der Waals surface area contributed by atoms with Crippen LogP contribution in [0.3, 0.4) is 0 Å². The lowest BCUT2D eigenvalue weighted by atomic mass is 9.90. The number of rotatable bonds is 2. The molecule has 0 aliphatic carbocycles. The molecule has 2 heterocycles. The van der Waals surface area contributed by atoms with Gasteiger partial charge in [0.2, 0.25) is 0 Å². The number of aliphatic carboxylic acids is 1. The van der Waals surface area contributed by atoms with Gasteiger partial charge in [-0.1, -0.05) is 6.92 Å². The first-order valence-corrected chi connectivity index (χ1v) is 5.64. The van der Waals surface area contributed by atoms with Gasteiger partial charge >= 0.3 is 5.97 Å². The summed E-state index contributed by atoms with van der Waals surface area (Å²) < 4.78 is 0. The van der Waals surface area contributed by atoms with Gasteiger partial charge in [0, 0.05) is 12.7 Å². The highest BCUT2D eigenvalue weighted by atomic mass is 16.4. The summed E-state index contributed by atoms with van der Waals surface area (Å²) in [6, 6.07) is 0.820. The molecule has 6 nitrogen and oxygen atoms in total. The molecule has 0 aromatic carbocycles. The van der Waals surface area contributed by atoms with Gasteiger partial charge in [-0.2, -0.15) is 5.10 Å². The van der Waals surface area contributed by atoms with E-state index in [2.05, 4.69) is 10.2 Å². The van der Waals surface area contributed by atoms with E-state index in [-0.39, 0.29) is 11.8 Å². The molecule has 1 aliphatic rings. The minimum absolute atomic E-state index is 0.0203. The Labute approximate surface area is 98.6 Å². The minimum atomic E-state index is -0.940. The molecule has 0 spiro atoms. The number of carboxylic acid groups (broad SMARTS) is 1. The van der Waals surface area contributed by atoms with Crippen molar-refractivity contribution in [1.29, 1.82) is 0 Å². The number of aromatic amines is 1. The Morgan fingerprint density at radius 1 is 1.59 bits per heavy atom. The van der Waals surface area contributed by atoms with Crippen molar-refractivity contribution < 1.29 is 14.7 Å². The third-order valence-electron chi connectivity index (χ3n) is 3.18. The van der Waals surface area contributed by atoms with Gasteiger partial charge in [0.25, 0.3) is 5.91 Å². The van der Waals surface area contributed by atoms with Crippen molar-refractivity contribution in [3.63, 3.8) is 0 Å². The maximum atomic E-state index is 12.1. The molecule has 1 saturated heterocycles. The second-order valence-corrected chi connectivity index (χ2v) is 4.37. The van der Waals surface area contributed by atoms with E-state index in [0.29, 0.717) is 12.2 Å². The highest BCUT2D eigenvalue weighted by Crippen LogP contribution is 2.24. The molecule has 17 heavy (non-hydrogen) atoms. The predicted molar refractivity (Wildman–Crippen MR) is 59.4 cm³/mol. The van der Waals surface area contributed by atoms with Crippen LogP contribution in [0, 0.1) is 5.92 Å². The SMILES string of the molecule is CC1CCCN(C(=O)c2ccn[nH]2)C1C(=O)O. The summed E-state index contributed by atoms with van der Waals surface area (Å²) in [7, 11) is 0. The molecule has 1 aromatic rings. The summed E-state index contributed by atoms with van der Waals surface area (Å²) in [6.07, 6.45) is 3.16. The van der Waals surface area contributed by atoms with Crippen molar-refractivity contribution in [2.24, 2.45) is 5.92 Å². The number of nitrogens with zero attached hydrogens (tertiary/aromatic N) is 2. The number of hydrogen-bond donors (Lipinski definition) is 2. The predicted octanol–water partition coefficient (Wildman–Crippen LogP) is 0.735. The van der Waals surface area contributed by atoms with Crippen LogP contribution in [0.1, 0.15) is 30.3 Å². The van der Waals surface area contributed by atoms with Gasteiger partial charge in [0.05, 0.1) is 0 Å². The van der Waals surface area contributed by atoms with Crippen molar-refractivity contribution in [2.45, 2.75) is 25.8 Å². The Hall–Kier alpha value is -1.85. The quantitative estimate of drug-likeness (QED) is 0.794. The molecule has 1 fully saturated rings. The van der Waals surface area contributed by atoms with Crippen molar-refractivity contribution >= 4 is 11.9 Å². The van der Waals surface area contributed by atoms with E-state index >= 15 is 0 Å². The van der Waals surface area contributed by atoms with Crippen LogP contribution in [0.25, 0.3) is 0 Å². The molecule has 2 N–H and O–H groups in total.